The normalized spacial score (nSPS) is 21.8. The van der Waals surface area contributed by atoms with Crippen LogP contribution in [-0.4, -0.2) is 36.0 Å². The summed E-state index contributed by atoms with van der Waals surface area (Å²) in [6, 6.07) is 20.8. The second-order valence-electron chi connectivity index (χ2n) is 10.8. The predicted molar refractivity (Wildman–Crippen MR) is 147 cm³/mol. The van der Waals surface area contributed by atoms with Crippen LogP contribution in [0.25, 0.3) is 11.0 Å². The van der Waals surface area contributed by atoms with Crippen LogP contribution in [-0.2, 0) is 21.6 Å². The Hall–Kier alpha value is -4.23. The Bertz CT molecular complexity index is 1720. The molecule has 2 unspecified atom stereocenters. The first-order valence-corrected chi connectivity index (χ1v) is 13.4. The molecule has 4 heterocycles. The van der Waals surface area contributed by atoms with Crippen molar-refractivity contribution in [3.8, 4) is 0 Å². The van der Waals surface area contributed by atoms with E-state index in [2.05, 4.69) is 0 Å². The maximum absolute atomic E-state index is 14.8. The van der Waals surface area contributed by atoms with Gasteiger partial charge in [-0.05, 0) is 50.5 Å². The molecule has 3 aromatic carbocycles. The Morgan fingerprint density at radius 3 is 2.49 bits per heavy atom. The van der Waals surface area contributed by atoms with E-state index in [0.717, 1.165) is 29.5 Å². The van der Waals surface area contributed by atoms with Gasteiger partial charge in [-0.2, -0.15) is 0 Å². The van der Waals surface area contributed by atoms with Gasteiger partial charge >= 0.3 is 0 Å². The number of carbonyl (C=O) groups excluding carboxylic acids is 2. The molecule has 1 fully saturated rings. The van der Waals surface area contributed by atoms with Crippen LogP contribution in [0.15, 0.2) is 75.9 Å². The lowest BCUT2D eigenvalue weighted by Gasteiger charge is -2.35. The zero-order chi connectivity index (χ0) is 26.9. The smallest absolute Gasteiger partial charge is 0.291 e. The minimum atomic E-state index is -1.63. The highest BCUT2D eigenvalue weighted by Crippen LogP contribution is 2.53. The second-order valence-corrected chi connectivity index (χ2v) is 10.8. The lowest BCUT2D eigenvalue weighted by atomic mass is 9.83. The van der Waals surface area contributed by atoms with Crippen molar-refractivity contribution in [1.29, 1.82) is 0 Å². The van der Waals surface area contributed by atoms with Crippen molar-refractivity contribution in [2.75, 3.05) is 18.1 Å². The SMILES string of the molecule is Cc1ccc(CN2C(=O)C3(c4ccccc42)c2c(oc4ccc(C)cc4c2=O)C(=O)N3CC2CCCO2)cc1. The maximum Gasteiger partial charge on any atom is 0.291 e. The van der Waals surface area contributed by atoms with Crippen molar-refractivity contribution in [3.63, 3.8) is 0 Å². The predicted octanol–water partition coefficient (Wildman–Crippen LogP) is 4.84. The van der Waals surface area contributed by atoms with Crippen molar-refractivity contribution in [2.24, 2.45) is 0 Å². The quantitative estimate of drug-likeness (QED) is 0.385. The highest BCUT2D eigenvalue weighted by atomic mass is 16.5. The number of anilines is 1. The van der Waals surface area contributed by atoms with Crippen LogP contribution in [0.3, 0.4) is 0 Å². The van der Waals surface area contributed by atoms with Crippen molar-refractivity contribution in [2.45, 2.75) is 44.9 Å². The fourth-order valence-electron chi connectivity index (χ4n) is 6.38. The molecule has 196 valence electrons. The van der Waals surface area contributed by atoms with Gasteiger partial charge in [-0.1, -0.05) is 59.7 Å². The summed E-state index contributed by atoms with van der Waals surface area (Å²) >= 11 is 0. The van der Waals surface area contributed by atoms with Gasteiger partial charge in [-0.25, -0.2) is 0 Å². The highest BCUT2D eigenvalue weighted by Gasteiger charge is 2.65. The monoisotopic (exact) mass is 520 g/mol. The summed E-state index contributed by atoms with van der Waals surface area (Å²) in [5.74, 6) is -0.844. The molecule has 0 bridgehead atoms. The third-order valence-corrected chi connectivity index (χ3v) is 8.26. The lowest BCUT2D eigenvalue weighted by Crippen LogP contribution is -2.55. The van der Waals surface area contributed by atoms with Crippen LogP contribution in [0, 0.1) is 13.8 Å². The first-order chi connectivity index (χ1) is 18.9. The van der Waals surface area contributed by atoms with E-state index in [1.54, 1.807) is 21.9 Å². The highest BCUT2D eigenvalue weighted by molar-refractivity contribution is 6.17. The summed E-state index contributed by atoms with van der Waals surface area (Å²) in [7, 11) is 0. The Morgan fingerprint density at radius 1 is 0.949 bits per heavy atom. The van der Waals surface area contributed by atoms with Gasteiger partial charge in [0.1, 0.15) is 5.58 Å². The molecule has 0 aliphatic carbocycles. The van der Waals surface area contributed by atoms with E-state index in [1.165, 1.54) is 0 Å². The molecule has 3 aliphatic rings. The Kier molecular flexibility index (Phi) is 5.29. The van der Waals surface area contributed by atoms with E-state index >= 15 is 0 Å². The molecule has 0 saturated carbocycles. The van der Waals surface area contributed by atoms with Gasteiger partial charge < -0.3 is 19.0 Å². The van der Waals surface area contributed by atoms with Crippen molar-refractivity contribution in [1.82, 2.24) is 4.90 Å². The van der Waals surface area contributed by atoms with Gasteiger partial charge in [0.15, 0.2) is 11.0 Å². The van der Waals surface area contributed by atoms with Crippen LogP contribution in [0.5, 0.6) is 0 Å². The third kappa shape index (κ3) is 3.36. The van der Waals surface area contributed by atoms with Crippen LogP contribution >= 0.6 is 0 Å². The number of para-hydroxylation sites is 1. The van der Waals surface area contributed by atoms with E-state index in [1.807, 2.05) is 68.4 Å². The minimum Gasteiger partial charge on any atom is -0.450 e. The third-order valence-electron chi connectivity index (χ3n) is 8.26. The number of carbonyl (C=O) groups is 2. The molecule has 1 saturated heterocycles. The Balaban J connectivity index is 1.49. The fourth-order valence-corrected chi connectivity index (χ4v) is 6.38. The zero-order valence-electron chi connectivity index (χ0n) is 21.9. The number of hydrogen-bond donors (Lipinski definition) is 0. The summed E-state index contributed by atoms with van der Waals surface area (Å²) in [6.45, 7) is 5.03. The number of hydrogen-bond acceptors (Lipinski definition) is 5. The lowest BCUT2D eigenvalue weighted by molar-refractivity contribution is -0.126. The molecule has 2 atom stereocenters. The molecule has 7 nitrogen and oxygen atoms in total. The van der Waals surface area contributed by atoms with Crippen LogP contribution in [0.1, 0.15) is 51.2 Å². The van der Waals surface area contributed by atoms with E-state index < -0.39 is 11.4 Å². The maximum atomic E-state index is 14.8. The van der Waals surface area contributed by atoms with E-state index in [9.17, 15) is 14.4 Å². The Morgan fingerprint density at radius 2 is 1.72 bits per heavy atom. The van der Waals surface area contributed by atoms with E-state index in [-0.39, 0.29) is 35.3 Å². The molecule has 1 spiro atoms. The van der Waals surface area contributed by atoms with E-state index in [0.29, 0.717) is 35.4 Å². The summed E-state index contributed by atoms with van der Waals surface area (Å²) in [5.41, 5.74) is 2.74. The summed E-state index contributed by atoms with van der Waals surface area (Å²) < 4.78 is 12.1. The van der Waals surface area contributed by atoms with Gasteiger partial charge in [-0.3, -0.25) is 14.4 Å². The molecular formula is C32H28N2O5. The zero-order valence-corrected chi connectivity index (χ0v) is 21.9. The molecule has 2 amide bonds. The van der Waals surface area contributed by atoms with Crippen molar-refractivity contribution in [3.05, 3.63) is 111 Å². The topological polar surface area (TPSA) is 80.1 Å². The summed E-state index contributed by atoms with van der Waals surface area (Å²) in [4.78, 5) is 46.5. The number of rotatable bonds is 4. The molecule has 4 aromatic rings. The number of aryl methyl sites for hydroxylation is 2. The summed E-state index contributed by atoms with van der Waals surface area (Å²) in [5, 5.41) is 0.363. The molecule has 7 rings (SSSR count). The van der Waals surface area contributed by atoms with Gasteiger partial charge in [-0.15, -0.1) is 0 Å². The minimum absolute atomic E-state index is 0.0605. The van der Waals surface area contributed by atoms with Gasteiger partial charge in [0.2, 0.25) is 5.76 Å². The van der Waals surface area contributed by atoms with Gasteiger partial charge in [0, 0.05) is 18.7 Å². The Labute approximate surface area is 225 Å². The largest absolute Gasteiger partial charge is 0.450 e. The second kappa shape index (κ2) is 8.64. The standard InChI is InChI=1S/C32H28N2O5/c1-19-9-12-21(13-10-19)17-33-25-8-4-3-7-24(25)32(31(33)37)27-28(35)23-16-20(2)11-14-26(23)39-29(27)30(36)34(32)18-22-6-5-15-38-22/h3-4,7-14,16,22H,5-6,15,17-18H2,1-2H3. The van der Waals surface area contributed by atoms with Crippen molar-refractivity contribution < 1.29 is 18.7 Å². The first-order valence-electron chi connectivity index (χ1n) is 13.4. The van der Waals surface area contributed by atoms with Crippen LogP contribution < -0.4 is 10.3 Å². The number of fused-ring (bicyclic) bond motifs is 5. The average Bonchev–Trinajstić information content (AvgIpc) is 3.60. The van der Waals surface area contributed by atoms with Crippen LogP contribution in [0.2, 0.25) is 0 Å². The number of ether oxygens (including phenoxy) is 1. The number of benzene rings is 3. The molecule has 39 heavy (non-hydrogen) atoms. The number of nitrogens with zero attached hydrogens (tertiary/aromatic N) is 2. The fraction of sp³-hybridized carbons (Fsp3) is 0.281. The van der Waals surface area contributed by atoms with Crippen molar-refractivity contribution >= 4 is 28.5 Å². The number of amides is 2. The van der Waals surface area contributed by atoms with Gasteiger partial charge in [0.25, 0.3) is 11.8 Å². The molecule has 1 aromatic heterocycles. The molecular weight excluding hydrogens is 492 g/mol. The van der Waals surface area contributed by atoms with E-state index in [4.69, 9.17) is 9.15 Å². The summed E-state index contributed by atoms with van der Waals surface area (Å²) in [6.07, 6.45) is 1.44. The molecule has 0 N–H and O–H groups in total. The molecule has 7 heteroatoms. The average molecular weight is 521 g/mol. The van der Waals surface area contributed by atoms with Gasteiger partial charge in [0.05, 0.1) is 29.3 Å². The molecule has 3 aliphatic heterocycles. The van der Waals surface area contributed by atoms with Crippen LogP contribution in [0.4, 0.5) is 5.69 Å². The first kappa shape index (κ1) is 23.9. The molecule has 0 radical (unpaired) electrons.